The smallest absolute Gasteiger partial charge is 0.274 e. The number of hydrogen-bond acceptors (Lipinski definition) is 5. The van der Waals surface area contributed by atoms with Gasteiger partial charge < -0.3 is 15.5 Å². The maximum absolute atomic E-state index is 12.4. The summed E-state index contributed by atoms with van der Waals surface area (Å²) in [5, 5.41) is 6.03. The highest BCUT2D eigenvalue weighted by Crippen LogP contribution is 2.15. The van der Waals surface area contributed by atoms with Crippen molar-refractivity contribution in [2.24, 2.45) is 0 Å². The summed E-state index contributed by atoms with van der Waals surface area (Å²) in [7, 11) is 4.00. The average Bonchev–Trinajstić information content (AvgIpc) is 2.48. The molecule has 2 rings (SSSR count). The van der Waals surface area contributed by atoms with Crippen molar-refractivity contribution in [3.63, 3.8) is 0 Å². The number of amides is 1. The highest BCUT2D eigenvalue weighted by atomic mass is 16.1. The maximum atomic E-state index is 12.4. The number of nitrogens with one attached hydrogen (secondary N) is 2. The fraction of sp³-hybridized carbons (Fsp3) is 0.353. The van der Waals surface area contributed by atoms with E-state index in [2.05, 4.69) is 25.5 Å². The van der Waals surface area contributed by atoms with Gasteiger partial charge in [-0.3, -0.25) is 4.79 Å². The predicted octanol–water partition coefficient (Wildman–Crippen LogP) is 2.32. The fourth-order valence-electron chi connectivity index (χ4n) is 2.05. The Balaban J connectivity index is 2.11. The molecular weight excluding hydrogens is 290 g/mol. The van der Waals surface area contributed by atoms with Gasteiger partial charge in [0.05, 0.1) is 0 Å². The molecule has 1 aromatic carbocycles. The summed E-state index contributed by atoms with van der Waals surface area (Å²) in [6.07, 6.45) is 0. The van der Waals surface area contributed by atoms with Crippen LogP contribution in [-0.4, -0.2) is 48.0 Å². The minimum Gasteiger partial charge on any atom is -0.353 e. The normalized spacial score (nSPS) is 10.7. The Labute approximate surface area is 137 Å². The number of anilines is 2. The monoisotopic (exact) mass is 313 g/mol. The molecule has 0 spiro atoms. The lowest BCUT2D eigenvalue weighted by molar-refractivity contribution is 0.102. The zero-order valence-corrected chi connectivity index (χ0v) is 14.1. The van der Waals surface area contributed by atoms with Crippen molar-refractivity contribution in [2.45, 2.75) is 13.8 Å². The number of likely N-dealkylation sites (N-methyl/N-ethyl adjacent to an activating group) is 1. The molecule has 0 aliphatic carbocycles. The van der Waals surface area contributed by atoms with Gasteiger partial charge in [-0.15, -0.1) is 0 Å². The van der Waals surface area contributed by atoms with Gasteiger partial charge in [-0.1, -0.05) is 18.2 Å². The van der Waals surface area contributed by atoms with Gasteiger partial charge in [0.15, 0.2) is 0 Å². The highest BCUT2D eigenvalue weighted by Gasteiger charge is 2.11. The van der Waals surface area contributed by atoms with E-state index in [0.29, 0.717) is 11.6 Å². The number of carbonyl (C=O) groups is 1. The van der Waals surface area contributed by atoms with Crippen molar-refractivity contribution in [1.29, 1.82) is 0 Å². The first-order valence-electron chi connectivity index (χ1n) is 7.57. The van der Waals surface area contributed by atoms with Crippen molar-refractivity contribution in [2.75, 3.05) is 37.8 Å². The summed E-state index contributed by atoms with van der Waals surface area (Å²) in [5.74, 6) is 0.238. The molecule has 0 fully saturated rings. The van der Waals surface area contributed by atoms with Crippen LogP contribution in [0, 0.1) is 13.8 Å². The second kappa shape index (κ2) is 7.69. The van der Waals surface area contributed by atoms with Gasteiger partial charge in [-0.05, 0) is 45.6 Å². The van der Waals surface area contributed by atoms with Crippen molar-refractivity contribution < 1.29 is 4.79 Å². The van der Waals surface area contributed by atoms with E-state index >= 15 is 0 Å². The minimum atomic E-state index is -0.236. The number of nitrogens with zero attached hydrogens (tertiary/aromatic N) is 3. The number of benzene rings is 1. The molecule has 6 heteroatoms. The van der Waals surface area contributed by atoms with Crippen LogP contribution in [0.2, 0.25) is 0 Å². The minimum absolute atomic E-state index is 0.236. The van der Waals surface area contributed by atoms with Crippen molar-refractivity contribution in [3.8, 4) is 0 Å². The van der Waals surface area contributed by atoms with Crippen LogP contribution in [0.4, 0.5) is 11.6 Å². The third-order valence-corrected chi connectivity index (χ3v) is 3.32. The van der Waals surface area contributed by atoms with Crippen LogP contribution in [0.1, 0.15) is 21.7 Å². The summed E-state index contributed by atoms with van der Waals surface area (Å²) >= 11 is 0. The largest absolute Gasteiger partial charge is 0.353 e. The number of hydrogen-bond donors (Lipinski definition) is 2. The first-order chi connectivity index (χ1) is 11.0. The number of rotatable bonds is 6. The number of aryl methyl sites for hydroxylation is 2. The molecular formula is C17H23N5O. The van der Waals surface area contributed by atoms with Gasteiger partial charge >= 0.3 is 0 Å². The van der Waals surface area contributed by atoms with Crippen LogP contribution in [0.25, 0.3) is 0 Å². The van der Waals surface area contributed by atoms with Gasteiger partial charge in [0.2, 0.25) is 5.95 Å². The molecule has 0 aliphatic heterocycles. The standard InChI is InChI=1S/C17H23N5O/c1-12-7-5-6-8-14(12)20-16(23)15-11-13(2)19-17(21-15)18-9-10-22(3)4/h5-8,11H,9-10H2,1-4H3,(H,20,23)(H,18,19,21). The van der Waals surface area contributed by atoms with Crippen LogP contribution in [0.5, 0.6) is 0 Å². The van der Waals surface area contributed by atoms with E-state index in [4.69, 9.17) is 0 Å². The van der Waals surface area contributed by atoms with Gasteiger partial charge in [0.1, 0.15) is 5.69 Å². The SMILES string of the molecule is Cc1cc(C(=O)Nc2ccccc2C)nc(NCCN(C)C)n1. The molecule has 0 unspecified atom stereocenters. The lowest BCUT2D eigenvalue weighted by Gasteiger charge is -2.12. The first kappa shape index (κ1) is 16.9. The molecule has 1 heterocycles. The Morgan fingerprint density at radius 3 is 2.61 bits per heavy atom. The second-order valence-electron chi connectivity index (χ2n) is 5.72. The lowest BCUT2D eigenvalue weighted by atomic mass is 10.2. The Morgan fingerprint density at radius 2 is 1.91 bits per heavy atom. The van der Waals surface area contributed by atoms with Crippen LogP contribution in [0.15, 0.2) is 30.3 Å². The van der Waals surface area contributed by atoms with E-state index in [1.807, 2.05) is 52.2 Å². The van der Waals surface area contributed by atoms with Crippen LogP contribution < -0.4 is 10.6 Å². The molecule has 0 saturated carbocycles. The maximum Gasteiger partial charge on any atom is 0.274 e. The van der Waals surface area contributed by atoms with E-state index in [9.17, 15) is 4.79 Å². The molecule has 1 amide bonds. The van der Waals surface area contributed by atoms with Gasteiger partial charge in [-0.25, -0.2) is 9.97 Å². The molecule has 122 valence electrons. The summed E-state index contributed by atoms with van der Waals surface area (Å²) in [6, 6.07) is 9.34. The predicted molar refractivity (Wildman–Crippen MR) is 92.9 cm³/mol. The molecule has 0 atom stereocenters. The zero-order chi connectivity index (χ0) is 16.8. The Bertz CT molecular complexity index is 684. The molecule has 2 aromatic rings. The third-order valence-electron chi connectivity index (χ3n) is 3.32. The van der Waals surface area contributed by atoms with Gasteiger partial charge in [0.25, 0.3) is 5.91 Å². The quantitative estimate of drug-likeness (QED) is 0.856. The zero-order valence-electron chi connectivity index (χ0n) is 14.1. The van der Waals surface area contributed by atoms with E-state index in [1.165, 1.54) is 0 Å². The number of carbonyl (C=O) groups excluding carboxylic acids is 1. The molecule has 0 aliphatic rings. The van der Waals surface area contributed by atoms with Gasteiger partial charge in [0, 0.05) is 24.5 Å². The average molecular weight is 313 g/mol. The Hall–Kier alpha value is -2.47. The van der Waals surface area contributed by atoms with Crippen molar-refractivity contribution >= 4 is 17.5 Å². The van der Waals surface area contributed by atoms with Crippen molar-refractivity contribution in [3.05, 3.63) is 47.3 Å². The second-order valence-corrected chi connectivity index (χ2v) is 5.72. The molecule has 0 bridgehead atoms. The van der Waals surface area contributed by atoms with E-state index in [-0.39, 0.29) is 5.91 Å². The fourth-order valence-corrected chi connectivity index (χ4v) is 2.05. The highest BCUT2D eigenvalue weighted by molar-refractivity contribution is 6.03. The van der Waals surface area contributed by atoms with Gasteiger partial charge in [-0.2, -0.15) is 0 Å². The van der Waals surface area contributed by atoms with E-state index in [1.54, 1.807) is 6.07 Å². The number of para-hydroxylation sites is 1. The van der Waals surface area contributed by atoms with E-state index < -0.39 is 0 Å². The number of aromatic nitrogens is 2. The van der Waals surface area contributed by atoms with Crippen LogP contribution in [-0.2, 0) is 0 Å². The topological polar surface area (TPSA) is 70.2 Å². The molecule has 6 nitrogen and oxygen atoms in total. The molecule has 0 saturated heterocycles. The summed E-state index contributed by atoms with van der Waals surface area (Å²) in [6.45, 7) is 5.38. The lowest BCUT2D eigenvalue weighted by Crippen LogP contribution is -2.22. The summed E-state index contributed by atoms with van der Waals surface area (Å²) in [5.41, 5.74) is 2.90. The summed E-state index contributed by atoms with van der Waals surface area (Å²) < 4.78 is 0. The summed E-state index contributed by atoms with van der Waals surface area (Å²) in [4.78, 5) is 23.1. The Morgan fingerprint density at radius 1 is 1.17 bits per heavy atom. The first-order valence-corrected chi connectivity index (χ1v) is 7.57. The molecule has 0 radical (unpaired) electrons. The van der Waals surface area contributed by atoms with Crippen LogP contribution >= 0.6 is 0 Å². The molecule has 23 heavy (non-hydrogen) atoms. The molecule has 2 N–H and O–H groups in total. The Kier molecular flexibility index (Phi) is 5.65. The van der Waals surface area contributed by atoms with Crippen molar-refractivity contribution in [1.82, 2.24) is 14.9 Å². The third kappa shape index (κ3) is 5.03. The van der Waals surface area contributed by atoms with E-state index in [0.717, 1.165) is 30.0 Å². The van der Waals surface area contributed by atoms with Crippen LogP contribution in [0.3, 0.4) is 0 Å². The molecule has 1 aromatic heterocycles.